The van der Waals surface area contributed by atoms with Crippen LogP contribution in [0.5, 0.6) is 0 Å². The van der Waals surface area contributed by atoms with Gasteiger partial charge in [0.1, 0.15) is 0 Å². The fraction of sp³-hybridized carbons (Fsp3) is 0.889. The van der Waals surface area contributed by atoms with E-state index < -0.39 is 0 Å². The zero-order chi connectivity index (χ0) is 8.72. The van der Waals surface area contributed by atoms with Crippen LogP contribution in [-0.2, 0) is 4.79 Å². The Labute approximate surface area is 72.4 Å². The summed E-state index contributed by atoms with van der Waals surface area (Å²) < 4.78 is 0. The first-order valence-electron chi connectivity index (χ1n) is 4.65. The number of aliphatic hydroxyl groups is 1. The molecule has 0 aromatic rings. The minimum Gasteiger partial charge on any atom is -0.391 e. The van der Waals surface area contributed by atoms with E-state index >= 15 is 0 Å². The van der Waals surface area contributed by atoms with Crippen molar-refractivity contribution in [2.45, 2.75) is 37.8 Å². The molecule has 2 unspecified atom stereocenters. The number of carbonyl (C=O) groups excluding carboxylic acids is 1. The third-order valence-electron chi connectivity index (χ3n) is 2.97. The molecule has 0 saturated heterocycles. The van der Waals surface area contributed by atoms with Gasteiger partial charge in [0.2, 0.25) is 5.91 Å². The van der Waals surface area contributed by atoms with E-state index in [4.69, 9.17) is 0 Å². The summed E-state index contributed by atoms with van der Waals surface area (Å²) in [7, 11) is 1.81. The summed E-state index contributed by atoms with van der Waals surface area (Å²) >= 11 is 0. The van der Waals surface area contributed by atoms with Crippen LogP contribution in [0.15, 0.2) is 0 Å². The molecule has 0 aromatic heterocycles. The molecular formula is C9H15NO2. The summed E-state index contributed by atoms with van der Waals surface area (Å²) in [5, 5.41) is 9.34. The molecule has 0 spiro atoms. The second-order valence-electron chi connectivity index (χ2n) is 3.94. The maximum absolute atomic E-state index is 11.5. The Hall–Kier alpha value is -0.570. The van der Waals surface area contributed by atoms with Crippen molar-refractivity contribution in [1.82, 2.24) is 4.90 Å². The molecule has 1 N–H and O–H groups in total. The van der Waals surface area contributed by atoms with Crippen LogP contribution in [0.4, 0.5) is 0 Å². The average molecular weight is 169 g/mol. The molecule has 68 valence electrons. The Morgan fingerprint density at radius 1 is 1.33 bits per heavy atom. The highest BCUT2D eigenvalue weighted by atomic mass is 16.3. The molecule has 0 heterocycles. The number of amides is 1. The average Bonchev–Trinajstić information content (AvgIpc) is 2.82. The topological polar surface area (TPSA) is 40.5 Å². The van der Waals surface area contributed by atoms with Gasteiger partial charge in [-0.25, -0.2) is 0 Å². The standard InChI is InChI=1S/C9H15NO2/c1-10(7-4-5-8(7)11)9(12)6-2-3-6/h6-8,11H,2-5H2,1H3. The van der Waals surface area contributed by atoms with E-state index in [2.05, 4.69) is 0 Å². The Bertz CT molecular complexity index is 201. The molecule has 2 aliphatic carbocycles. The van der Waals surface area contributed by atoms with Crippen molar-refractivity contribution < 1.29 is 9.90 Å². The van der Waals surface area contributed by atoms with Crippen molar-refractivity contribution in [3.63, 3.8) is 0 Å². The van der Waals surface area contributed by atoms with Gasteiger partial charge in [-0.15, -0.1) is 0 Å². The van der Waals surface area contributed by atoms with Gasteiger partial charge in [0.25, 0.3) is 0 Å². The minimum atomic E-state index is -0.266. The summed E-state index contributed by atoms with van der Waals surface area (Å²) in [6, 6.07) is 0.109. The Morgan fingerprint density at radius 3 is 2.33 bits per heavy atom. The first-order chi connectivity index (χ1) is 5.70. The number of rotatable bonds is 2. The first kappa shape index (κ1) is 8.05. The van der Waals surface area contributed by atoms with Gasteiger partial charge in [-0.1, -0.05) is 0 Å². The molecule has 12 heavy (non-hydrogen) atoms. The second-order valence-corrected chi connectivity index (χ2v) is 3.94. The van der Waals surface area contributed by atoms with Crippen LogP contribution in [0.2, 0.25) is 0 Å². The van der Waals surface area contributed by atoms with Crippen LogP contribution in [-0.4, -0.2) is 35.1 Å². The molecule has 0 radical (unpaired) electrons. The molecule has 2 fully saturated rings. The lowest BCUT2D eigenvalue weighted by Crippen LogP contribution is -2.51. The fourth-order valence-corrected chi connectivity index (χ4v) is 1.70. The van der Waals surface area contributed by atoms with E-state index in [-0.39, 0.29) is 24.0 Å². The molecule has 2 aliphatic rings. The lowest BCUT2D eigenvalue weighted by molar-refractivity contribution is -0.139. The van der Waals surface area contributed by atoms with Gasteiger partial charge in [-0.3, -0.25) is 4.79 Å². The predicted molar refractivity (Wildman–Crippen MR) is 44.5 cm³/mol. The minimum absolute atomic E-state index is 0.109. The highest BCUT2D eigenvalue weighted by Gasteiger charge is 2.39. The van der Waals surface area contributed by atoms with Crippen molar-refractivity contribution in [2.24, 2.45) is 5.92 Å². The molecule has 2 saturated carbocycles. The van der Waals surface area contributed by atoms with Crippen molar-refractivity contribution in [3.05, 3.63) is 0 Å². The van der Waals surface area contributed by atoms with Crippen LogP contribution in [0, 0.1) is 5.92 Å². The molecule has 0 bridgehead atoms. The molecule has 3 nitrogen and oxygen atoms in total. The van der Waals surface area contributed by atoms with Crippen LogP contribution in [0.3, 0.4) is 0 Å². The van der Waals surface area contributed by atoms with E-state index in [0.29, 0.717) is 0 Å². The summed E-state index contributed by atoms with van der Waals surface area (Å²) in [5.41, 5.74) is 0. The van der Waals surface area contributed by atoms with Gasteiger partial charge in [0.05, 0.1) is 12.1 Å². The fourth-order valence-electron chi connectivity index (χ4n) is 1.70. The van der Waals surface area contributed by atoms with Crippen molar-refractivity contribution in [1.29, 1.82) is 0 Å². The van der Waals surface area contributed by atoms with Crippen molar-refractivity contribution in [2.75, 3.05) is 7.05 Å². The van der Waals surface area contributed by atoms with Crippen LogP contribution in [0.1, 0.15) is 25.7 Å². The molecule has 3 heteroatoms. The molecular weight excluding hydrogens is 154 g/mol. The number of aliphatic hydroxyl groups excluding tert-OH is 1. The number of nitrogens with zero attached hydrogens (tertiary/aromatic N) is 1. The lowest BCUT2D eigenvalue weighted by Gasteiger charge is -2.39. The van der Waals surface area contributed by atoms with Gasteiger partial charge < -0.3 is 10.0 Å². The zero-order valence-corrected chi connectivity index (χ0v) is 7.36. The van der Waals surface area contributed by atoms with E-state index in [9.17, 15) is 9.90 Å². The largest absolute Gasteiger partial charge is 0.391 e. The molecule has 0 aliphatic heterocycles. The zero-order valence-electron chi connectivity index (χ0n) is 7.36. The maximum Gasteiger partial charge on any atom is 0.225 e. The van der Waals surface area contributed by atoms with E-state index in [0.717, 1.165) is 25.7 Å². The predicted octanol–water partition coefficient (Wildman–Crippen LogP) is 0.378. The van der Waals surface area contributed by atoms with Crippen LogP contribution < -0.4 is 0 Å². The SMILES string of the molecule is CN(C(=O)C1CC1)C1CCC1O. The number of hydrogen-bond acceptors (Lipinski definition) is 2. The van der Waals surface area contributed by atoms with Gasteiger partial charge in [-0.05, 0) is 25.7 Å². The maximum atomic E-state index is 11.5. The smallest absolute Gasteiger partial charge is 0.225 e. The normalized spacial score (nSPS) is 34.2. The quantitative estimate of drug-likeness (QED) is 0.649. The monoisotopic (exact) mass is 169 g/mol. The summed E-state index contributed by atoms with van der Waals surface area (Å²) in [5.74, 6) is 0.515. The van der Waals surface area contributed by atoms with Crippen LogP contribution in [0.25, 0.3) is 0 Å². The number of hydrogen-bond donors (Lipinski definition) is 1. The van der Waals surface area contributed by atoms with Gasteiger partial charge >= 0.3 is 0 Å². The van der Waals surface area contributed by atoms with Gasteiger partial charge in [0, 0.05) is 13.0 Å². The Morgan fingerprint density at radius 2 is 2.00 bits per heavy atom. The summed E-state index contributed by atoms with van der Waals surface area (Å²) in [4.78, 5) is 13.2. The second kappa shape index (κ2) is 2.73. The first-order valence-corrected chi connectivity index (χ1v) is 4.65. The van der Waals surface area contributed by atoms with E-state index in [1.54, 1.807) is 4.90 Å². The lowest BCUT2D eigenvalue weighted by atomic mass is 9.88. The highest BCUT2D eigenvalue weighted by molar-refractivity contribution is 5.81. The third-order valence-corrected chi connectivity index (χ3v) is 2.97. The van der Waals surface area contributed by atoms with Crippen molar-refractivity contribution in [3.8, 4) is 0 Å². The van der Waals surface area contributed by atoms with Gasteiger partial charge in [-0.2, -0.15) is 0 Å². The van der Waals surface area contributed by atoms with Crippen LogP contribution >= 0.6 is 0 Å². The molecule has 2 rings (SSSR count). The summed E-state index contributed by atoms with van der Waals surface area (Å²) in [6.45, 7) is 0. The van der Waals surface area contributed by atoms with Gasteiger partial charge in [0.15, 0.2) is 0 Å². The number of likely N-dealkylation sites (N-methyl/N-ethyl adjacent to an activating group) is 1. The molecule has 2 atom stereocenters. The Kier molecular flexibility index (Phi) is 1.83. The van der Waals surface area contributed by atoms with Crippen molar-refractivity contribution >= 4 is 5.91 Å². The molecule has 0 aromatic carbocycles. The van der Waals surface area contributed by atoms with E-state index in [1.807, 2.05) is 7.05 Å². The third kappa shape index (κ3) is 1.22. The van der Waals surface area contributed by atoms with E-state index in [1.165, 1.54) is 0 Å². The molecule has 1 amide bonds. The summed E-state index contributed by atoms with van der Waals surface area (Å²) in [6.07, 6.45) is 3.65. The Balaban J connectivity index is 1.89. The highest BCUT2D eigenvalue weighted by Crippen LogP contribution is 2.34. The number of carbonyl (C=O) groups is 1.